The molecule has 0 bridgehead atoms. The van der Waals surface area contributed by atoms with E-state index >= 15 is 0 Å². The molecule has 0 spiro atoms. The van der Waals surface area contributed by atoms with Crippen LogP contribution in [0.2, 0.25) is 0 Å². The summed E-state index contributed by atoms with van der Waals surface area (Å²) in [5.74, 6) is -1.12. The van der Waals surface area contributed by atoms with Crippen molar-refractivity contribution in [3.63, 3.8) is 0 Å². The van der Waals surface area contributed by atoms with Gasteiger partial charge in [-0.3, -0.25) is 9.59 Å². The van der Waals surface area contributed by atoms with Gasteiger partial charge in [0.2, 0.25) is 5.91 Å². The van der Waals surface area contributed by atoms with E-state index in [1.807, 2.05) is 13.8 Å². The number of hydrogen-bond donors (Lipinski definition) is 2. The summed E-state index contributed by atoms with van der Waals surface area (Å²) in [6.07, 6.45) is -0.0378. The predicted molar refractivity (Wildman–Crippen MR) is 48.2 cm³/mol. The molecule has 5 nitrogen and oxygen atoms in total. The summed E-state index contributed by atoms with van der Waals surface area (Å²) in [7, 11) is 0. The Morgan fingerprint density at radius 2 is 2.00 bits per heavy atom. The van der Waals surface area contributed by atoms with E-state index in [9.17, 15) is 9.59 Å². The van der Waals surface area contributed by atoms with Gasteiger partial charge in [0.1, 0.15) is 0 Å². The third kappa shape index (κ3) is 4.47. The molecule has 13 heavy (non-hydrogen) atoms. The Balaban J connectivity index is 4.10. The van der Waals surface area contributed by atoms with Crippen molar-refractivity contribution in [2.45, 2.75) is 26.3 Å². The predicted octanol–water partition coefficient (Wildman–Crippen LogP) is -0.343. The van der Waals surface area contributed by atoms with E-state index in [0.29, 0.717) is 0 Å². The van der Waals surface area contributed by atoms with Crippen molar-refractivity contribution in [3.05, 3.63) is 0 Å². The summed E-state index contributed by atoms with van der Waals surface area (Å²) in [4.78, 5) is 22.9. The lowest BCUT2D eigenvalue weighted by molar-refractivity contribution is -0.138. The van der Waals surface area contributed by atoms with Gasteiger partial charge in [-0.1, -0.05) is 0 Å². The molecule has 0 aromatic heterocycles. The molecule has 1 amide bonds. The van der Waals surface area contributed by atoms with Gasteiger partial charge in [0.05, 0.1) is 13.0 Å². The Hall–Kier alpha value is -1.10. The highest BCUT2D eigenvalue weighted by Gasteiger charge is 2.15. The minimum atomic E-state index is -0.907. The molecule has 0 heterocycles. The summed E-state index contributed by atoms with van der Waals surface area (Å²) in [5, 5.41) is 8.43. The van der Waals surface area contributed by atoms with Crippen molar-refractivity contribution in [2.24, 2.45) is 5.73 Å². The van der Waals surface area contributed by atoms with Gasteiger partial charge in [-0.05, 0) is 13.8 Å². The van der Waals surface area contributed by atoms with Gasteiger partial charge in [-0.25, -0.2) is 0 Å². The molecule has 0 aliphatic carbocycles. The standard InChI is InChI=1S/C8H16N2O3/c1-6(2)10(7(11)5-9)4-3-8(12)13/h6H,3-5,9H2,1-2H3,(H,12,13). The molecule has 3 N–H and O–H groups in total. The monoisotopic (exact) mass is 188 g/mol. The lowest BCUT2D eigenvalue weighted by Crippen LogP contribution is -2.41. The number of aliphatic carboxylic acids is 1. The molecule has 0 saturated carbocycles. The highest BCUT2D eigenvalue weighted by molar-refractivity contribution is 5.79. The van der Waals surface area contributed by atoms with Crippen molar-refractivity contribution in [1.82, 2.24) is 4.90 Å². The van der Waals surface area contributed by atoms with Gasteiger partial charge in [-0.2, -0.15) is 0 Å². The molecule has 0 unspecified atom stereocenters. The van der Waals surface area contributed by atoms with Crippen LogP contribution in [0, 0.1) is 0 Å². The average molecular weight is 188 g/mol. The first-order chi connectivity index (χ1) is 5.99. The first-order valence-corrected chi connectivity index (χ1v) is 4.20. The minimum absolute atomic E-state index is 0.00426. The van der Waals surface area contributed by atoms with Gasteiger partial charge < -0.3 is 15.7 Å². The number of carboxylic acid groups (broad SMARTS) is 1. The highest BCUT2D eigenvalue weighted by atomic mass is 16.4. The van der Waals surface area contributed by atoms with Crippen molar-refractivity contribution in [2.75, 3.05) is 13.1 Å². The van der Waals surface area contributed by atoms with E-state index in [0.717, 1.165) is 0 Å². The summed E-state index contributed by atoms with van der Waals surface area (Å²) in [5.41, 5.74) is 5.18. The van der Waals surface area contributed by atoms with Crippen LogP contribution in [0.3, 0.4) is 0 Å². The smallest absolute Gasteiger partial charge is 0.305 e. The van der Waals surface area contributed by atoms with E-state index in [1.165, 1.54) is 4.90 Å². The Kier molecular flexibility index (Phi) is 5.06. The number of amides is 1. The van der Waals surface area contributed by atoms with Crippen molar-refractivity contribution < 1.29 is 14.7 Å². The van der Waals surface area contributed by atoms with Crippen LogP contribution < -0.4 is 5.73 Å². The Labute approximate surface area is 77.5 Å². The fourth-order valence-corrected chi connectivity index (χ4v) is 1.00. The number of carbonyl (C=O) groups excluding carboxylic acids is 1. The zero-order valence-electron chi connectivity index (χ0n) is 7.99. The molecule has 0 radical (unpaired) electrons. The molecule has 0 rings (SSSR count). The molecule has 0 saturated heterocycles. The first kappa shape index (κ1) is 11.9. The third-order valence-electron chi connectivity index (χ3n) is 1.68. The molecule has 0 atom stereocenters. The number of rotatable bonds is 5. The van der Waals surface area contributed by atoms with Crippen LogP contribution in [-0.2, 0) is 9.59 Å². The van der Waals surface area contributed by atoms with E-state index < -0.39 is 5.97 Å². The Bertz CT molecular complexity index is 192. The number of nitrogens with two attached hydrogens (primary N) is 1. The van der Waals surface area contributed by atoms with Gasteiger partial charge in [0, 0.05) is 12.6 Å². The van der Waals surface area contributed by atoms with Crippen LogP contribution in [0.1, 0.15) is 20.3 Å². The number of nitrogens with zero attached hydrogens (tertiary/aromatic N) is 1. The normalized spacial score (nSPS) is 10.2. The van der Waals surface area contributed by atoms with E-state index in [4.69, 9.17) is 10.8 Å². The van der Waals surface area contributed by atoms with E-state index in [-0.39, 0.29) is 31.5 Å². The molecule has 0 aliphatic rings. The second-order valence-electron chi connectivity index (χ2n) is 3.03. The number of carboxylic acids is 1. The van der Waals surface area contributed by atoms with Gasteiger partial charge in [0.25, 0.3) is 0 Å². The van der Waals surface area contributed by atoms with Crippen LogP contribution in [-0.4, -0.2) is 41.0 Å². The van der Waals surface area contributed by atoms with Crippen molar-refractivity contribution in [3.8, 4) is 0 Å². The zero-order chi connectivity index (χ0) is 10.4. The van der Waals surface area contributed by atoms with Gasteiger partial charge >= 0.3 is 5.97 Å². The maximum atomic E-state index is 11.2. The second kappa shape index (κ2) is 5.53. The quantitative estimate of drug-likeness (QED) is 0.618. The molecular weight excluding hydrogens is 172 g/mol. The summed E-state index contributed by atoms with van der Waals surface area (Å²) < 4.78 is 0. The van der Waals surface area contributed by atoms with Crippen molar-refractivity contribution in [1.29, 1.82) is 0 Å². The van der Waals surface area contributed by atoms with E-state index in [2.05, 4.69) is 0 Å². The van der Waals surface area contributed by atoms with Crippen LogP contribution in [0.4, 0.5) is 0 Å². The molecule has 0 aromatic carbocycles. The number of hydrogen-bond acceptors (Lipinski definition) is 3. The Morgan fingerprint density at radius 3 is 2.31 bits per heavy atom. The molecule has 0 fully saturated rings. The Morgan fingerprint density at radius 1 is 1.46 bits per heavy atom. The van der Waals surface area contributed by atoms with Gasteiger partial charge in [0.15, 0.2) is 0 Å². The first-order valence-electron chi connectivity index (χ1n) is 4.20. The van der Waals surface area contributed by atoms with Crippen LogP contribution in [0.15, 0.2) is 0 Å². The molecule has 5 heteroatoms. The van der Waals surface area contributed by atoms with Gasteiger partial charge in [-0.15, -0.1) is 0 Å². The van der Waals surface area contributed by atoms with E-state index in [1.54, 1.807) is 0 Å². The lowest BCUT2D eigenvalue weighted by atomic mass is 10.2. The molecule has 76 valence electrons. The summed E-state index contributed by atoms with van der Waals surface area (Å²) in [6.45, 7) is 3.81. The molecule has 0 aliphatic heterocycles. The fraction of sp³-hybridized carbons (Fsp3) is 0.750. The average Bonchev–Trinajstić information content (AvgIpc) is 2.03. The summed E-state index contributed by atoms with van der Waals surface area (Å²) in [6, 6.07) is -0.00426. The number of carbonyl (C=O) groups is 2. The zero-order valence-corrected chi connectivity index (χ0v) is 7.99. The highest BCUT2D eigenvalue weighted by Crippen LogP contribution is 1.99. The molecule has 0 aromatic rings. The topological polar surface area (TPSA) is 83.6 Å². The van der Waals surface area contributed by atoms with Crippen LogP contribution >= 0.6 is 0 Å². The fourth-order valence-electron chi connectivity index (χ4n) is 1.00. The van der Waals surface area contributed by atoms with Crippen LogP contribution in [0.25, 0.3) is 0 Å². The third-order valence-corrected chi connectivity index (χ3v) is 1.68. The van der Waals surface area contributed by atoms with Crippen LogP contribution in [0.5, 0.6) is 0 Å². The van der Waals surface area contributed by atoms with Crippen molar-refractivity contribution >= 4 is 11.9 Å². The SMILES string of the molecule is CC(C)N(CCC(=O)O)C(=O)CN. The largest absolute Gasteiger partial charge is 0.481 e. The maximum absolute atomic E-state index is 11.2. The second-order valence-corrected chi connectivity index (χ2v) is 3.03. The molecular formula is C8H16N2O3. The lowest BCUT2D eigenvalue weighted by Gasteiger charge is -2.25. The summed E-state index contributed by atoms with van der Waals surface area (Å²) >= 11 is 0. The minimum Gasteiger partial charge on any atom is -0.481 e. The maximum Gasteiger partial charge on any atom is 0.305 e.